The minimum Gasteiger partial charge on any atom is -0.134 e. The van der Waals surface area contributed by atoms with Crippen molar-refractivity contribution in [1.82, 2.24) is 0 Å². The zero-order valence-electron chi connectivity index (χ0n) is 13.9. The summed E-state index contributed by atoms with van der Waals surface area (Å²) in [5, 5.41) is 0. The van der Waals surface area contributed by atoms with Gasteiger partial charge in [0, 0.05) is 0 Å². The highest BCUT2D eigenvalue weighted by molar-refractivity contribution is 7.90. The Kier molecular flexibility index (Phi) is 9.06. The van der Waals surface area contributed by atoms with E-state index >= 15 is 0 Å². The lowest BCUT2D eigenvalue weighted by atomic mass is 10.1. The fraction of sp³-hybridized carbons (Fsp3) is 0.0833. The Labute approximate surface area is 153 Å². The van der Waals surface area contributed by atoms with Gasteiger partial charge in [-0.25, -0.2) is 0 Å². The quantitative estimate of drug-likeness (QED) is 0.518. The first-order valence-corrected chi connectivity index (χ1v) is 7.51. The van der Waals surface area contributed by atoms with E-state index in [0.29, 0.717) is 4.91 Å². The topological polar surface area (TPSA) is 0 Å². The van der Waals surface area contributed by atoms with Crippen LogP contribution >= 0.6 is 12.6 Å². The van der Waals surface area contributed by atoms with Crippen LogP contribution < -0.4 is 0 Å². The zero-order valence-corrected chi connectivity index (χ0v) is 14.8. The molecule has 25 heavy (non-hydrogen) atoms. The lowest BCUT2D eigenvalue weighted by Gasteiger charge is -2.03. The van der Waals surface area contributed by atoms with Gasteiger partial charge in [0.05, 0.1) is 4.91 Å². The number of rotatable bonds is 1. The Balaban J connectivity index is 3.31. The molecule has 0 fully saturated rings. The summed E-state index contributed by atoms with van der Waals surface area (Å²) in [5.41, 5.74) is 39.3. The second kappa shape index (κ2) is 11.8. The van der Waals surface area contributed by atoms with Crippen LogP contribution in [0.25, 0.3) is 4.91 Å². The highest BCUT2D eigenvalue weighted by atomic mass is 32.1. The molecular weight excluding hydrogens is 320 g/mol. The van der Waals surface area contributed by atoms with Crippen LogP contribution in [-0.2, 0) is 0 Å². The molecule has 0 spiro atoms. The van der Waals surface area contributed by atoms with E-state index in [1.54, 1.807) is 0 Å². The smallest absolute Gasteiger partial charge is 0.0628 e. The summed E-state index contributed by atoms with van der Waals surface area (Å²) in [4.78, 5) is 0.683. The lowest BCUT2D eigenvalue weighted by molar-refractivity contribution is 1.37. The largest absolute Gasteiger partial charge is 0.134 e. The van der Waals surface area contributed by atoms with E-state index in [2.05, 4.69) is 106 Å². The van der Waals surface area contributed by atoms with E-state index in [9.17, 15) is 0 Å². The van der Waals surface area contributed by atoms with Crippen LogP contribution in [0.3, 0.4) is 0 Å². The summed E-state index contributed by atoms with van der Waals surface area (Å²) in [6.45, 7) is 7.37. The molecule has 0 aromatic heterocycles. The van der Waals surface area contributed by atoms with Gasteiger partial charge in [0.15, 0.2) is 0 Å². The highest BCUT2D eigenvalue weighted by Crippen LogP contribution is 2.21. The van der Waals surface area contributed by atoms with Crippen LogP contribution in [0.1, 0.15) is 16.7 Å². The van der Waals surface area contributed by atoms with E-state index in [1.807, 2.05) is 26.0 Å². The number of hydrogen-bond acceptors (Lipinski definition) is 1. The Hall–Kier alpha value is -3.77. The summed E-state index contributed by atoms with van der Waals surface area (Å²) in [6, 6.07) is 6.14. The van der Waals surface area contributed by atoms with Gasteiger partial charge >= 0.3 is 0 Å². The van der Waals surface area contributed by atoms with E-state index in [0.717, 1.165) is 16.7 Å². The van der Waals surface area contributed by atoms with E-state index in [-0.39, 0.29) is 0 Å². The molecular formula is C24H12S. The second-order valence-corrected chi connectivity index (χ2v) is 4.92. The molecule has 0 radical (unpaired) electrons. The molecule has 0 heterocycles. The number of thiol groups is 1. The van der Waals surface area contributed by atoms with Crippen molar-refractivity contribution in [2.75, 3.05) is 0 Å². The molecule has 1 aromatic carbocycles. The van der Waals surface area contributed by atoms with Gasteiger partial charge in [0.1, 0.15) is 0 Å². The summed E-state index contributed by atoms with van der Waals surface area (Å²) in [6.07, 6.45) is 0. The van der Waals surface area contributed by atoms with Crippen LogP contribution in [-0.4, -0.2) is 0 Å². The van der Waals surface area contributed by atoms with Crippen LogP contribution in [0.15, 0.2) is 105 Å². The third-order valence-electron chi connectivity index (χ3n) is 2.60. The minimum absolute atomic E-state index is 0.683. The van der Waals surface area contributed by atoms with Gasteiger partial charge < -0.3 is 0 Å². The van der Waals surface area contributed by atoms with Crippen LogP contribution in [0.5, 0.6) is 0 Å². The van der Waals surface area contributed by atoms with Crippen molar-refractivity contribution in [3.63, 3.8) is 0 Å². The lowest BCUT2D eigenvalue weighted by Crippen LogP contribution is -1.84. The summed E-state index contributed by atoms with van der Waals surface area (Å²) < 4.78 is 0. The Bertz CT molecular complexity index is 1210. The molecule has 0 unspecified atom stereocenters. The van der Waals surface area contributed by atoms with Gasteiger partial charge in [0.25, 0.3) is 0 Å². The zero-order chi connectivity index (χ0) is 18.3. The summed E-state index contributed by atoms with van der Waals surface area (Å²) in [5.74, 6) is 0. The third kappa shape index (κ3) is 8.44. The monoisotopic (exact) mass is 332 g/mol. The first-order chi connectivity index (χ1) is 12.1. The van der Waals surface area contributed by atoms with E-state index < -0.39 is 0 Å². The van der Waals surface area contributed by atoms with Crippen LogP contribution in [0.2, 0.25) is 0 Å². The van der Waals surface area contributed by atoms with Crippen molar-refractivity contribution in [3.05, 3.63) is 122 Å². The molecule has 0 aliphatic rings. The first-order valence-electron chi connectivity index (χ1n) is 7.07. The molecule has 0 aliphatic heterocycles. The third-order valence-corrected chi connectivity index (χ3v) is 2.96. The maximum atomic E-state index is 4.43. The molecule has 0 saturated heterocycles. The van der Waals surface area contributed by atoms with Crippen molar-refractivity contribution in [2.24, 2.45) is 0 Å². The fourth-order valence-corrected chi connectivity index (χ4v) is 1.80. The van der Waals surface area contributed by atoms with Gasteiger partial charge in [-0.15, -0.1) is 12.6 Å². The van der Waals surface area contributed by atoms with Crippen molar-refractivity contribution in [2.45, 2.75) is 13.8 Å². The number of hydrogen-bond donors (Lipinski definition) is 1. The number of benzene rings is 1. The summed E-state index contributed by atoms with van der Waals surface area (Å²) in [7, 11) is 0. The van der Waals surface area contributed by atoms with Crippen molar-refractivity contribution in [3.8, 4) is 0 Å². The molecule has 1 heteroatoms. The molecule has 0 atom stereocenters. The highest BCUT2D eigenvalue weighted by Gasteiger charge is 2.00. The van der Waals surface area contributed by atoms with Crippen molar-refractivity contribution in [1.29, 1.82) is 0 Å². The number of aryl methyl sites for hydroxylation is 2. The minimum atomic E-state index is 0.683. The van der Waals surface area contributed by atoms with E-state index in [4.69, 9.17) is 0 Å². The first kappa shape index (κ1) is 19.3. The maximum absolute atomic E-state index is 4.43. The predicted molar refractivity (Wildman–Crippen MR) is 103 cm³/mol. The molecule has 0 amide bonds. The summed E-state index contributed by atoms with van der Waals surface area (Å²) >= 11 is 4.43. The van der Waals surface area contributed by atoms with E-state index in [1.165, 1.54) is 0 Å². The Morgan fingerprint density at radius 3 is 1.76 bits per heavy atom. The predicted octanol–water partition coefficient (Wildman–Crippen LogP) is 5.38. The normalized spacial score (nSPS) is 6.52. The molecule has 1 rings (SSSR count). The van der Waals surface area contributed by atoms with Gasteiger partial charge in [0.2, 0.25) is 0 Å². The molecule has 1 aromatic rings. The second-order valence-electron chi connectivity index (χ2n) is 4.47. The van der Waals surface area contributed by atoms with Gasteiger partial charge in [-0.1, -0.05) is 23.4 Å². The van der Waals surface area contributed by atoms with Gasteiger partial charge in [-0.05, 0) is 112 Å². The Morgan fingerprint density at radius 1 is 0.760 bits per heavy atom. The SMILES string of the molecule is C=C=C=C=C=C=C=C=C=C=C=C=C=C=C=C(S)c1cc(C)ccc1C. The van der Waals surface area contributed by atoms with Crippen LogP contribution in [0, 0.1) is 13.8 Å². The van der Waals surface area contributed by atoms with Gasteiger partial charge in [-0.2, -0.15) is 0 Å². The van der Waals surface area contributed by atoms with Crippen LogP contribution in [0.4, 0.5) is 0 Å². The molecule has 0 N–H and O–H groups in total. The average molecular weight is 332 g/mol. The maximum Gasteiger partial charge on any atom is 0.0628 e. The van der Waals surface area contributed by atoms with Crippen molar-refractivity contribution < 1.29 is 0 Å². The molecule has 0 saturated carbocycles. The standard InChI is InChI=1S/C24H12S/c1-4-5-6-7-8-9-10-11-12-13-14-15-16-17-24(25)23-20-21(2)18-19-22(23)3/h18-20,25H,1H2,2-3H3. The Morgan fingerprint density at radius 2 is 1.24 bits per heavy atom. The molecule has 114 valence electrons. The fourth-order valence-electron chi connectivity index (χ4n) is 1.51. The molecule has 0 aliphatic carbocycles. The average Bonchev–Trinajstić information content (AvgIpc) is 2.61. The van der Waals surface area contributed by atoms with Gasteiger partial charge in [-0.3, -0.25) is 0 Å². The molecule has 0 nitrogen and oxygen atoms in total. The molecule has 0 bridgehead atoms. The van der Waals surface area contributed by atoms with Crippen molar-refractivity contribution >= 4 is 17.5 Å².